The quantitative estimate of drug-likeness (QED) is 0.824. The van der Waals surface area contributed by atoms with E-state index >= 15 is 0 Å². The second kappa shape index (κ2) is 6.60. The van der Waals surface area contributed by atoms with Gasteiger partial charge in [0.15, 0.2) is 0 Å². The van der Waals surface area contributed by atoms with Crippen LogP contribution in [-0.4, -0.2) is 18.1 Å². The van der Waals surface area contributed by atoms with E-state index in [-0.39, 0.29) is 0 Å². The number of aromatic nitrogens is 1. The van der Waals surface area contributed by atoms with Crippen molar-refractivity contribution in [1.82, 2.24) is 4.98 Å². The molecule has 0 bridgehead atoms. The first-order valence-corrected chi connectivity index (χ1v) is 6.43. The van der Waals surface area contributed by atoms with Gasteiger partial charge in [-0.15, -0.1) is 0 Å². The number of pyridine rings is 1. The molecule has 0 saturated heterocycles. The lowest BCUT2D eigenvalue weighted by atomic mass is 10.1. The van der Waals surface area contributed by atoms with Crippen LogP contribution in [0.3, 0.4) is 0 Å². The maximum atomic E-state index is 5.64. The van der Waals surface area contributed by atoms with Crippen molar-refractivity contribution in [1.29, 1.82) is 0 Å². The van der Waals surface area contributed by atoms with Crippen molar-refractivity contribution in [3.63, 3.8) is 0 Å². The summed E-state index contributed by atoms with van der Waals surface area (Å²) in [7, 11) is 0. The molecule has 1 heterocycles. The van der Waals surface area contributed by atoms with Gasteiger partial charge in [-0.05, 0) is 24.0 Å². The third-order valence-corrected chi connectivity index (χ3v) is 2.50. The Morgan fingerprint density at radius 3 is 2.18 bits per heavy atom. The van der Waals surface area contributed by atoms with Crippen LogP contribution in [0.1, 0.15) is 33.4 Å². The van der Waals surface area contributed by atoms with Crippen LogP contribution in [0.5, 0.6) is 0 Å². The van der Waals surface area contributed by atoms with E-state index in [4.69, 9.17) is 5.73 Å². The minimum Gasteiger partial charge on any atom is -0.356 e. The molecule has 1 rings (SSSR count). The first kappa shape index (κ1) is 14.0. The van der Waals surface area contributed by atoms with Gasteiger partial charge < -0.3 is 10.6 Å². The number of nitrogens with zero attached hydrogens (tertiary/aromatic N) is 2. The Bertz CT molecular complexity index is 324. The molecule has 0 saturated carbocycles. The monoisotopic (exact) mass is 235 g/mol. The number of anilines is 1. The molecule has 3 nitrogen and oxygen atoms in total. The molecule has 1 aromatic rings. The highest BCUT2D eigenvalue weighted by Gasteiger charge is 2.11. The summed E-state index contributed by atoms with van der Waals surface area (Å²) in [6, 6.07) is 6.09. The second-order valence-corrected chi connectivity index (χ2v) is 5.38. The van der Waals surface area contributed by atoms with Crippen LogP contribution in [-0.2, 0) is 6.54 Å². The number of nitrogens with two attached hydrogens (primary N) is 1. The van der Waals surface area contributed by atoms with Gasteiger partial charge in [0, 0.05) is 19.6 Å². The predicted octanol–water partition coefficient (Wildman–Crippen LogP) is 2.66. The van der Waals surface area contributed by atoms with Gasteiger partial charge in [0.2, 0.25) is 0 Å². The van der Waals surface area contributed by atoms with E-state index in [9.17, 15) is 0 Å². The lowest BCUT2D eigenvalue weighted by molar-refractivity contribution is 0.548. The normalized spacial score (nSPS) is 11.2. The van der Waals surface area contributed by atoms with Crippen LogP contribution < -0.4 is 10.6 Å². The van der Waals surface area contributed by atoms with Gasteiger partial charge in [0.05, 0.1) is 5.69 Å². The van der Waals surface area contributed by atoms with Gasteiger partial charge in [-0.2, -0.15) is 0 Å². The third-order valence-electron chi connectivity index (χ3n) is 2.50. The van der Waals surface area contributed by atoms with Crippen LogP contribution in [0, 0.1) is 11.8 Å². The van der Waals surface area contributed by atoms with Gasteiger partial charge >= 0.3 is 0 Å². The molecule has 0 atom stereocenters. The smallest absolute Gasteiger partial charge is 0.128 e. The summed E-state index contributed by atoms with van der Waals surface area (Å²) in [6.07, 6.45) is 0. The Morgan fingerprint density at radius 2 is 1.71 bits per heavy atom. The summed E-state index contributed by atoms with van der Waals surface area (Å²) >= 11 is 0. The van der Waals surface area contributed by atoms with Crippen molar-refractivity contribution < 1.29 is 0 Å². The van der Waals surface area contributed by atoms with Crippen molar-refractivity contribution in [2.75, 3.05) is 18.0 Å². The van der Waals surface area contributed by atoms with Crippen LogP contribution in [0.4, 0.5) is 5.82 Å². The Labute approximate surface area is 105 Å². The molecule has 0 aliphatic rings. The maximum absolute atomic E-state index is 5.64. The fraction of sp³-hybridized carbons (Fsp3) is 0.643. The molecule has 0 fully saturated rings. The minimum absolute atomic E-state index is 0.505. The fourth-order valence-corrected chi connectivity index (χ4v) is 1.90. The topological polar surface area (TPSA) is 42.1 Å². The van der Waals surface area contributed by atoms with Gasteiger partial charge in [0.25, 0.3) is 0 Å². The molecule has 0 amide bonds. The third kappa shape index (κ3) is 4.73. The molecule has 3 heteroatoms. The van der Waals surface area contributed by atoms with Gasteiger partial charge in [0.1, 0.15) is 5.82 Å². The molecule has 96 valence electrons. The molecular weight excluding hydrogens is 210 g/mol. The van der Waals surface area contributed by atoms with Gasteiger partial charge in [-0.3, -0.25) is 0 Å². The standard InChI is InChI=1S/C14H25N3/c1-11(2)9-17(10-12(3)4)14-7-5-6-13(8-15)16-14/h5-7,11-12H,8-10,15H2,1-4H3. The summed E-state index contributed by atoms with van der Waals surface area (Å²) in [5.41, 5.74) is 6.60. The first-order chi connectivity index (χ1) is 8.02. The average Bonchev–Trinajstić information content (AvgIpc) is 2.27. The molecule has 0 unspecified atom stereocenters. The van der Waals surface area contributed by atoms with Crippen molar-refractivity contribution in [3.8, 4) is 0 Å². The van der Waals surface area contributed by atoms with E-state index in [1.165, 1.54) is 0 Å². The molecule has 0 aliphatic carbocycles. The van der Waals surface area contributed by atoms with Crippen LogP contribution in [0.25, 0.3) is 0 Å². The zero-order chi connectivity index (χ0) is 12.8. The van der Waals surface area contributed by atoms with Crippen molar-refractivity contribution in [3.05, 3.63) is 23.9 Å². The zero-order valence-corrected chi connectivity index (χ0v) is 11.5. The van der Waals surface area contributed by atoms with Crippen LogP contribution in [0.15, 0.2) is 18.2 Å². The Kier molecular flexibility index (Phi) is 5.42. The van der Waals surface area contributed by atoms with E-state index in [1.807, 2.05) is 12.1 Å². The lowest BCUT2D eigenvalue weighted by Crippen LogP contribution is -2.32. The molecular formula is C14H25N3. The summed E-state index contributed by atoms with van der Waals surface area (Å²) in [6.45, 7) is 11.5. The van der Waals surface area contributed by atoms with Crippen molar-refractivity contribution in [2.45, 2.75) is 34.2 Å². The molecule has 2 N–H and O–H groups in total. The molecule has 0 aromatic carbocycles. The predicted molar refractivity (Wildman–Crippen MR) is 74.0 cm³/mol. The molecule has 17 heavy (non-hydrogen) atoms. The highest BCUT2D eigenvalue weighted by molar-refractivity contribution is 5.39. The van der Waals surface area contributed by atoms with E-state index in [0.29, 0.717) is 18.4 Å². The lowest BCUT2D eigenvalue weighted by Gasteiger charge is -2.27. The molecule has 0 radical (unpaired) electrons. The Hall–Kier alpha value is -1.09. The van der Waals surface area contributed by atoms with Gasteiger partial charge in [-0.1, -0.05) is 33.8 Å². The minimum atomic E-state index is 0.505. The largest absolute Gasteiger partial charge is 0.356 e. The van der Waals surface area contributed by atoms with Crippen molar-refractivity contribution in [2.24, 2.45) is 17.6 Å². The fourth-order valence-electron chi connectivity index (χ4n) is 1.90. The first-order valence-electron chi connectivity index (χ1n) is 6.43. The zero-order valence-electron chi connectivity index (χ0n) is 11.5. The van der Waals surface area contributed by atoms with E-state index in [0.717, 1.165) is 24.6 Å². The van der Waals surface area contributed by atoms with Crippen molar-refractivity contribution >= 4 is 5.82 Å². The van der Waals surface area contributed by atoms with Crippen LogP contribution in [0.2, 0.25) is 0 Å². The van der Waals surface area contributed by atoms with Crippen LogP contribution >= 0.6 is 0 Å². The summed E-state index contributed by atoms with van der Waals surface area (Å²) in [5.74, 6) is 2.32. The molecule has 0 aliphatic heterocycles. The Balaban J connectivity index is 2.86. The average molecular weight is 235 g/mol. The maximum Gasteiger partial charge on any atom is 0.128 e. The Morgan fingerprint density at radius 1 is 1.12 bits per heavy atom. The molecule has 1 aromatic heterocycles. The highest BCUT2D eigenvalue weighted by atomic mass is 15.2. The summed E-state index contributed by atoms with van der Waals surface area (Å²) in [4.78, 5) is 6.95. The van der Waals surface area contributed by atoms with E-state index in [2.05, 4.69) is 43.6 Å². The number of hydrogen-bond donors (Lipinski definition) is 1. The van der Waals surface area contributed by atoms with E-state index < -0.39 is 0 Å². The second-order valence-electron chi connectivity index (χ2n) is 5.38. The van der Waals surface area contributed by atoms with E-state index in [1.54, 1.807) is 0 Å². The number of rotatable bonds is 6. The SMILES string of the molecule is CC(C)CN(CC(C)C)c1cccc(CN)n1. The molecule has 0 spiro atoms. The summed E-state index contributed by atoms with van der Waals surface area (Å²) < 4.78 is 0. The summed E-state index contributed by atoms with van der Waals surface area (Å²) in [5, 5.41) is 0. The number of hydrogen-bond acceptors (Lipinski definition) is 3. The highest BCUT2D eigenvalue weighted by Crippen LogP contribution is 2.15. The van der Waals surface area contributed by atoms with Gasteiger partial charge in [-0.25, -0.2) is 4.98 Å².